The van der Waals surface area contributed by atoms with E-state index in [-0.39, 0.29) is 10.8 Å². The van der Waals surface area contributed by atoms with Gasteiger partial charge in [0.1, 0.15) is 0 Å². The lowest BCUT2D eigenvalue weighted by molar-refractivity contribution is -0.141. The summed E-state index contributed by atoms with van der Waals surface area (Å²) in [6.07, 6.45) is 0.795. The maximum atomic E-state index is 10.5. The second kappa shape index (κ2) is 5.81. The molecule has 0 heterocycles. The molecule has 76 valence electrons. The molecule has 0 saturated heterocycles. The van der Waals surface area contributed by atoms with Crippen molar-refractivity contribution in [3.05, 3.63) is 35.9 Å². The monoisotopic (exact) mass is 256 g/mol. The number of carbonyl (C=O) groups excluding carboxylic acids is 1. The van der Waals surface area contributed by atoms with Crippen LogP contribution in [0.5, 0.6) is 0 Å². The maximum absolute atomic E-state index is 10.5. The first-order chi connectivity index (χ1) is 6.70. The predicted octanol–water partition coefficient (Wildman–Crippen LogP) is 3.08. The number of esters is 1. The molecule has 0 saturated carbocycles. The highest BCUT2D eigenvalue weighted by Gasteiger charge is 2.06. The average molecular weight is 257 g/mol. The van der Waals surface area contributed by atoms with Crippen LogP contribution in [0.1, 0.15) is 23.7 Å². The van der Waals surface area contributed by atoms with Crippen molar-refractivity contribution in [2.45, 2.75) is 18.2 Å². The largest absolute Gasteiger partial charge is 0.466 e. The molecular weight excluding hydrogens is 244 g/mol. The lowest BCUT2D eigenvalue weighted by Gasteiger charge is -2.09. The van der Waals surface area contributed by atoms with Gasteiger partial charge in [0.25, 0.3) is 0 Å². The Bertz CT molecular complexity index is 285. The SMILES string of the molecule is CC(=O)OCCC(Br)c1ccccc1. The number of benzene rings is 1. The number of rotatable bonds is 4. The molecule has 0 spiro atoms. The number of halogens is 1. The van der Waals surface area contributed by atoms with Crippen molar-refractivity contribution in [1.29, 1.82) is 0 Å². The summed E-state index contributed by atoms with van der Waals surface area (Å²) in [5, 5.41) is 0. The molecule has 0 N–H and O–H groups in total. The molecule has 1 atom stereocenters. The summed E-state index contributed by atoms with van der Waals surface area (Å²) in [5.41, 5.74) is 1.21. The molecule has 3 heteroatoms. The predicted molar refractivity (Wildman–Crippen MR) is 59.4 cm³/mol. The maximum Gasteiger partial charge on any atom is 0.302 e. The van der Waals surface area contributed by atoms with Gasteiger partial charge >= 0.3 is 5.97 Å². The van der Waals surface area contributed by atoms with E-state index in [1.165, 1.54) is 12.5 Å². The standard InChI is InChI=1S/C11H13BrO2/c1-9(13)14-8-7-11(12)10-5-3-2-4-6-10/h2-6,11H,7-8H2,1H3. The molecule has 1 aromatic carbocycles. The number of hydrogen-bond acceptors (Lipinski definition) is 2. The summed E-state index contributed by atoms with van der Waals surface area (Å²) in [5.74, 6) is -0.224. The van der Waals surface area contributed by atoms with E-state index in [0.29, 0.717) is 6.61 Å². The molecule has 1 aromatic rings. The fourth-order valence-electron chi connectivity index (χ4n) is 1.13. The van der Waals surface area contributed by atoms with Crippen LogP contribution in [-0.2, 0) is 9.53 Å². The Labute approximate surface area is 92.4 Å². The van der Waals surface area contributed by atoms with Crippen molar-refractivity contribution >= 4 is 21.9 Å². The lowest BCUT2D eigenvalue weighted by atomic mass is 10.1. The first-order valence-corrected chi connectivity index (χ1v) is 5.44. The summed E-state index contributed by atoms with van der Waals surface area (Å²) in [6, 6.07) is 10.1. The van der Waals surface area contributed by atoms with Gasteiger partial charge in [0.15, 0.2) is 0 Å². The first kappa shape index (κ1) is 11.2. The Morgan fingerprint density at radius 1 is 1.43 bits per heavy atom. The fourth-order valence-corrected chi connectivity index (χ4v) is 1.63. The van der Waals surface area contributed by atoms with E-state index in [9.17, 15) is 4.79 Å². The van der Waals surface area contributed by atoms with Crippen molar-refractivity contribution in [2.75, 3.05) is 6.61 Å². The van der Waals surface area contributed by atoms with Gasteiger partial charge in [0.2, 0.25) is 0 Å². The van der Waals surface area contributed by atoms with Crippen LogP contribution in [0.4, 0.5) is 0 Å². The highest BCUT2D eigenvalue weighted by molar-refractivity contribution is 9.09. The second-order valence-corrected chi connectivity index (χ2v) is 4.11. The average Bonchev–Trinajstić information content (AvgIpc) is 2.18. The molecule has 2 nitrogen and oxygen atoms in total. The number of hydrogen-bond donors (Lipinski definition) is 0. The summed E-state index contributed by atoms with van der Waals surface area (Å²) in [7, 11) is 0. The zero-order valence-electron chi connectivity index (χ0n) is 8.07. The van der Waals surface area contributed by atoms with Gasteiger partial charge in [-0.2, -0.15) is 0 Å². The first-order valence-electron chi connectivity index (χ1n) is 4.52. The van der Waals surface area contributed by atoms with Gasteiger partial charge in [-0.1, -0.05) is 46.3 Å². The van der Waals surface area contributed by atoms with Gasteiger partial charge in [-0.25, -0.2) is 0 Å². The lowest BCUT2D eigenvalue weighted by Crippen LogP contribution is -2.03. The molecule has 0 radical (unpaired) electrons. The van der Waals surface area contributed by atoms with Crippen molar-refractivity contribution in [3.63, 3.8) is 0 Å². The third kappa shape index (κ3) is 3.92. The fraction of sp³-hybridized carbons (Fsp3) is 0.364. The van der Waals surface area contributed by atoms with E-state index < -0.39 is 0 Å². The van der Waals surface area contributed by atoms with E-state index in [1.54, 1.807) is 0 Å². The van der Waals surface area contributed by atoms with E-state index in [4.69, 9.17) is 4.74 Å². The van der Waals surface area contributed by atoms with E-state index in [2.05, 4.69) is 15.9 Å². The molecule has 0 aliphatic rings. The highest BCUT2D eigenvalue weighted by atomic mass is 79.9. The van der Waals surface area contributed by atoms with Crippen molar-refractivity contribution in [1.82, 2.24) is 0 Å². The molecule has 1 rings (SSSR count). The van der Waals surface area contributed by atoms with Crippen LogP contribution in [0, 0.1) is 0 Å². The Hall–Kier alpha value is -0.830. The molecule has 14 heavy (non-hydrogen) atoms. The van der Waals surface area contributed by atoms with Crippen molar-refractivity contribution in [2.24, 2.45) is 0 Å². The van der Waals surface area contributed by atoms with E-state index in [0.717, 1.165) is 6.42 Å². The number of carbonyl (C=O) groups is 1. The molecule has 0 fully saturated rings. The zero-order chi connectivity index (χ0) is 10.4. The minimum absolute atomic E-state index is 0.224. The Morgan fingerprint density at radius 2 is 2.07 bits per heavy atom. The second-order valence-electron chi connectivity index (χ2n) is 3.01. The summed E-state index contributed by atoms with van der Waals surface area (Å²) in [6.45, 7) is 1.88. The molecule has 0 bridgehead atoms. The molecule has 0 aliphatic carbocycles. The number of ether oxygens (including phenoxy) is 1. The molecular formula is C11H13BrO2. The Kier molecular flexibility index (Phi) is 4.66. The van der Waals surface area contributed by atoms with Crippen LogP contribution in [0.15, 0.2) is 30.3 Å². The topological polar surface area (TPSA) is 26.3 Å². The van der Waals surface area contributed by atoms with Crippen LogP contribution in [0.25, 0.3) is 0 Å². The van der Waals surface area contributed by atoms with Gasteiger partial charge in [-0.3, -0.25) is 4.79 Å². The quantitative estimate of drug-likeness (QED) is 0.612. The third-order valence-electron chi connectivity index (χ3n) is 1.84. The Balaban J connectivity index is 2.36. The van der Waals surface area contributed by atoms with Crippen LogP contribution >= 0.6 is 15.9 Å². The van der Waals surface area contributed by atoms with Crippen molar-refractivity contribution in [3.8, 4) is 0 Å². The van der Waals surface area contributed by atoms with Crippen molar-refractivity contribution < 1.29 is 9.53 Å². The van der Waals surface area contributed by atoms with Gasteiger partial charge in [0.05, 0.1) is 6.61 Å². The number of alkyl halides is 1. The zero-order valence-corrected chi connectivity index (χ0v) is 9.66. The van der Waals surface area contributed by atoms with Gasteiger partial charge in [-0.15, -0.1) is 0 Å². The summed E-state index contributed by atoms with van der Waals surface area (Å²) in [4.78, 5) is 10.8. The Morgan fingerprint density at radius 3 is 2.64 bits per heavy atom. The molecule has 0 aromatic heterocycles. The van der Waals surface area contributed by atoms with E-state index >= 15 is 0 Å². The van der Waals surface area contributed by atoms with E-state index in [1.807, 2.05) is 30.3 Å². The molecule has 0 amide bonds. The minimum atomic E-state index is -0.224. The summed E-state index contributed by atoms with van der Waals surface area (Å²) < 4.78 is 4.87. The van der Waals surface area contributed by atoms with Crippen LogP contribution in [0.2, 0.25) is 0 Å². The normalized spacial score (nSPS) is 12.1. The third-order valence-corrected chi connectivity index (χ3v) is 2.82. The van der Waals surface area contributed by atoms with Crippen LogP contribution < -0.4 is 0 Å². The summed E-state index contributed by atoms with van der Waals surface area (Å²) >= 11 is 3.54. The molecule has 1 unspecified atom stereocenters. The van der Waals surface area contributed by atoms with Gasteiger partial charge in [0, 0.05) is 11.8 Å². The minimum Gasteiger partial charge on any atom is -0.466 e. The van der Waals surface area contributed by atoms with Gasteiger partial charge in [-0.05, 0) is 12.0 Å². The highest BCUT2D eigenvalue weighted by Crippen LogP contribution is 2.25. The van der Waals surface area contributed by atoms with Crippen LogP contribution in [0.3, 0.4) is 0 Å². The van der Waals surface area contributed by atoms with Gasteiger partial charge < -0.3 is 4.74 Å². The molecule has 0 aliphatic heterocycles. The van der Waals surface area contributed by atoms with Crippen LogP contribution in [-0.4, -0.2) is 12.6 Å². The smallest absolute Gasteiger partial charge is 0.302 e.